The first kappa shape index (κ1) is 17.3. The van der Waals surface area contributed by atoms with Crippen molar-refractivity contribution >= 4 is 12.4 Å². The summed E-state index contributed by atoms with van der Waals surface area (Å²) >= 11 is 0. The van der Waals surface area contributed by atoms with Crippen LogP contribution in [0, 0.1) is 0 Å². The van der Waals surface area contributed by atoms with Crippen molar-refractivity contribution in [2.75, 3.05) is 28.4 Å². The van der Waals surface area contributed by atoms with Crippen LogP contribution in [0.2, 0.25) is 0 Å². The van der Waals surface area contributed by atoms with Gasteiger partial charge in [-0.05, 0) is 47.5 Å². The topological polar surface area (TPSA) is 61.6 Å². The fraction of sp³-hybridized carbons (Fsp3) is 0.222. The molecule has 0 bridgehead atoms. The van der Waals surface area contributed by atoms with E-state index in [1.807, 2.05) is 36.4 Å². The summed E-state index contributed by atoms with van der Waals surface area (Å²) in [5, 5.41) is 8.08. The SMILES string of the molecule is COc1ccc(C=N/N=C/c2ccc(OC)c(OC)c2)cc1OC. The second-order valence-corrected chi connectivity index (χ2v) is 4.72. The lowest BCUT2D eigenvalue weighted by Crippen LogP contribution is -1.92. The van der Waals surface area contributed by atoms with Crippen LogP contribution in [0.15, 0.2) is 46.6 Å². The van der Waals surface area contributed by atoms with Crippen LogP contribution in [-0.2, 0) is 0 Å². The molecule has 0 N–H and O–H groups in total. The van der Waals surface area contributed by atoms with E-state index in [1.165, 1.54) is 0 Å². The summed E-state index contributed by atoms with van der Waals surface area (Å²) in [6.45, 7) is 0. The first-order valence-electron chi connectivity index (χ1n) is 7.22. The molecule has 0 aliphatic carbocycles. The molecule has 0 aliphatic heterocycles. The monoisotopic (exact) mass is 328 g/mol. The third-order valence-electron chi connectivity index (χ3n) is 3.30. The zero-order valence-corrected chi connectivity index (χ0v) is 14.1. The third kappa shape index (κ3) is 4.25. The summed E-state index contributed by atoms with van der Waals surface area (Å²) < 4.78 is 20.9. The van der Waals surface area contributed by atoms with Crippen molar-refractivity contribution in [3.63, 3.8) is 0 Å². The maximum atomic E-state index is 5.25. The van der Waals surface area contributed by atoms with Crippen molar-refractivity contribution in [1.82, 2.24) is 0 Å². The van der Waals surface area contributed by atoms with Gasteiger partial charge in [-0.1, -0.05) is 0 Å². The quantitative estimate of drug-likeness (QED) is 0.578. The average molecular weight is 328 g/mol. The second-order valence-electron chi connectivity index (χ2n) is 4.72. The van der Waals surface area contributed by atoms with Crippen molar-refractivity contribution in [1.29, 1.82) is 0 Å². The van der Waals surface area contributed by atoms with Crippen molar-refractivity contribution in [2.24, 2.45) is 10.2 Å². The Kier molecular flexibility index (Phi) is 6.19. The molecule has 6 nitrogen and oxygen atoms in total. The summed E-state index contributed by atoms with van der Waals surface area (Å²) in [6.07, 6.45) is 3.28. The Balaban J connectivity index is 2.09. The van der Waals surface area contributed by atoms with Crippen LogP contribution < -0.4 is 18.9 Å². The Hall–Kier alpha value is -3.02. The number of benzene rings is 2. The number of rotatable bonds is 7. The highest BCUT2D eigenvalue weighted by Gasteiger charge is 2.03. The number of nitrogens with zero attached hydrogens (tertiary/aromatic N) is 2. The van der Waals surface area contributed by atoms with Gasteiger partial charge in [-0.3, -0.25) is 0 Å². The molecule has 0 saturated carbocycles. The maximum absolute atomic E-state index is 5.25. The first-order chi connectivity index (χ1) is 11.7. The Labute approximate surface area is 141 Å². The molecule has 2 aromatic rings. The van der Waals surface area contributed by atoms with E-state index < -0.39 is 0 Å². The minimum atomic E-state index is 0.644. The molecule has 126 valence electrons. The molecule has 0 aromatic heterocycles. The molecule has 6 heteroatoms. The van der Waals surface area contributed by atoms with Crippen LogP contribution >= 0.6 is 0 Å². The van der Waals surface area contributed by atoms with Gasteiger partial charge in [0.1, 0.15) is 0 Å². The Bertz CT molecular complexity index is 678. The highest BCUT2D eigenvalue weighted by atomic mass is 16.5. The van der Waals surface area contributed by atoms with Gasteiger partial charge in [-0.2, -0.15) is 10.2 Å². The van der Waals surface area contributed by atoms with Gasteiger partial charge >= 0.3 is 0 Å². The van der Waals surface area contributed by atoms with Crippen molar-refractivity contribution in [2.45, 2.75) is 0 Å². The standard InChI is InChI=1S/C18H20N2O4/c1-21-15-7-5-13(9-17(15)23-3)11-19-20-12-14-6-8-16(22-2)18(10-14)24-4/h5-12H,1-4H3/b19-11+,20-12?. The van der Waals surface area contributed by atoms with Crippen LogP contribution in [0.4, 0.5) is 0 Å². The molecule has 0 amide bonds. The fourth-order valence-electron chi connectivity index (χ4n) is 2.07. The zero-order chi connectivity index (χ0) is 17.4. The zero-order valence-electron chi connectivity index (χ0n) is 14.1. The smallest absolute Gasteiger partial charge is 0.161 e. The molecule has 0 atom stereocenters. The fourth-order valence-corrected chi connectivity index (χ4v) is 2.07. The van der Waals surface area contributed by atoms with Gasteiger partial charge in [0.2, 0.25) is 0 Å². The van der Waals surface area contributed by atoms with E-state index in [9.17, 15) is 0 Å². The van der Waals surface area contributed by atoms with E-state index in [1.54, 1.807) is 40.9 Å². The molecule has 2 rings (SSSR count). The van der Waals surface area contributed by atoms with Crippen LogP contribution in [-0.4, -0.2) is 40.9 Å². The van der Waals surface area contributed by atoms with E-state index in [0.717, 1.165) is 11.1 Å². The van der Waals surface area contributed by atoms with Crippen molar-refractivity contribution in [3.05, 3.63) is 47.5 Å². The molecule has 0 spiro atoms. The van der Waals surface area contributed by atoms with E-state index in [-0.39, 0.29) is 0 Å². The Morgan fingerprint density at radius 3 is 1.29 bits per heavy atom. The molecular formula is C18H20N2O4. The molecule has 0 saturated heterocycles. The van der Waals surface area contributed by atoms with Gasteiger partial charge in [0.15, 0.2) is 23.0 Å². The van der Waals surface area contributed by atoms with Crippen LogP contribution in [0.3, 0.4) is 0 Å². The largest absolute Gasteiger partial charge is 0.493 e. The normalized spacial score (nSPS) is 11.0. The second kappa shape index (κ2) is 8.57. The van der Waals surface area contributed by atoms with Gasteiger partial charge in [-0.15, -0.1) is 0 Å². The number of hydrogen-bond acceptors (Lipinski definition) is 6. The third-order valence-corrected chi connectivity index (χ3v) is 3.30. The maximum Gasteiger partial charge on any atom is 0.161 e. The first-order valence-corrected chi connectivity index (χ1v) is 7.22. The van der Waals surface area contributed by atoms with Crippen LogP contribution in [0.5, 0.6) is 23.0 Å². The lowest BCUT2D eigenvalue weighted by Gasteiger charge is -2.07. The summed E-state index contributed by atoms with van der Waals surface area (Å²) in [5.41, 5.74) is 1.72. The lowest BCUT2D eigenvalue weighted by molar-refractivity contribution is 0.355. The van der Waals surface area contributed by atoms with Gasteiger partial charge in [0.25, 0.3) is 0 Å². The number of methoxy groups -OCH3 is 4. The van der Waals surface area contributed by atoms with Gasteiger partial charge < -0.3 is 18.9 Å². The predicted molar refractivity (Wildman–Crippen MR) is 94.3 cm³/mol. The molecule has 24 heavy (non-hydrogen) atoms. The van der Waals surface area contributed by atoms with Gasteiger partial charge in [0.05, 0.1) is 40.9 Å². The predicted octanol–water partition coefficient (Wildman–Crippen LogP) is 3.17. The number of ether oxygens (including phenoxy) is 4. The molecule has 0 fully saturated rings. The van der Waals surface area contributed by atoms with Gasteiger partial charge in [-0.25, -0.2) is 0 Å². The molecule has 0 heterocycles. The number of hydrogen-bond donors (Lipinski definition) is 0. The van der Waals surface area contributed by atoms with E-state index in [2.05, 4.69) is 10.2 Å². The van der Waals surface area contributed by atoms with E-state index >= 15 is 0 Å². The minimum absolute atomic E-state index is 0.644. The van der Waals surface area contributed by atoms with E-state index in [4.69, 9.17) is 18.9 Å². The summed E-state index contributed by atoms with van der Waals surface area (Å²) in [4.78, 5) is 0. The minimum Gasteiger partial charge on any atom is -0.493 e. The summed E-state index contributed by atoms with van der Waals surface area (Å²) in [7, 11) is 6.38. The van der Waals surface area contributed by atoms with Crippen LogP contribution in [0.1, 0.15) is 11.1 Å². The molecular weight excluding hydrogens is 308 g/mol. The highest BCUT2D eigenvalue weighted by Crippen LogP contribution is 2.27. The molecule has 0 radical (unpaired) electrons. The van der Waals surface area contributed by atoms with Crippen molar-refractivity contribution < 1.29 is 18.9 Å². The Morgan fingerprint density at radius 2 is 0.958 bits per heavy atom. The lowest BCUT2D eigenvalue weighted by atomic mass is 10.2. The van der Waals surface area contributed by atoms with E-state index in [0.29, 0.717) is 23.0 Å². The summed E-state index contributed by atoms with van der Waals surface area (Å²) in [5.74, 6) is 2.63. The summed E-state index contributed by atoms with van der Waals surface area (Å²) in [6, 6.07) is 11.0. The molecule has 0 unspecified atom stereocenters. The molecule has 2 aromatic carbocycles. The molecule has 0 aliphatic rings. The van der Waals surface area contributed by atoms with Crippen LogP contribution in [0.25, 0.3) is 0 Å². The van der Waals surface area contributed by atoms with Gasteiger partial charge in [0, 0.05) is 0 Å². The average Bonchev–Trinajstić information content (AvgIpc) is 2.64. The van der Waals surface area contributed by atoms with Crippen molar-refractivity contribution in [3.8, 4) is 23.0 Å². The highest BCUT2D eigenvalue weighted by molar-refractivity contribution is 5.84. The Morgan fingerprint density at radius 1 is 0.583 bits per heavy atom.